The van der Waals surface area contributed by atoms with Crippen LogP contribution in [0.2, 0.25) is 0 Å². The third-order valence-corrected chi connectivity index (χ3v) is 7.92. The monoisotopic (exact) mass is 416 g/mol. The Balaban J connectivity index is 2.18. The van der Waals surface area contributed by atoms with E-state index in [0.29, 0.717) is 12.5 Å². The Bertz CT molecular complexity index is 699. The average molecular weight is 416 g/mol. The second-order valence-electron chi connectivity index (χ2n) is 5.30. The van der Waals surface area contributed by atoms with Gasteiger partial charge in [0.15, 0.2) is 0 Å². The molecule has 5 heteroatoms. The molecule has 21 heavy (non-hydrogen) atoms. The summed E-state index contributed by atoms with van der Waals surface area (Å²) in [4.78, 5) is 17.4. The van der Waals surface area contributed by atoms with Crippen LogP contribution in [0.25, 0.3) is 3.58 Å². The molecule has 2 aliphatic rings. The summed E-state index contributed by atoms with van der Waals surface area (Å²) in [6.45, 7) is 4.32. The van der Waals surface area contributed by atoms with Crippen LogP contribution in [0.15, 0.2) is 15.3 Å². The van der Waals surface area contributed by atoms with Gasteiger partial charge >= 0.3 is 139 Å². The number of fused-ring (bicyclic) bond motifs is 1. The molecule has 1 aliphatic heterocycles. The van der Waals surface area contributed by atoms with E-state index in [0.717, 1.165) is 15.1 Å². The summed E-state index contributed by atoms with van der Waals surface area (Å²) in [5, 5.41) is 1.27. The number of hydrogen-bond acceptors (Lipinski definition) is 4. The van der Waals surface area contributed by atoms with E-state index >= 15 is 0 Å². The first kappa shape index (κ1) is 15.2. The van der Waals surface area contributed by atoms with Crippen LogP contribution in [0.3, 0.4) is 0 Å². The number of nitrogens with zero attached hydrogens (tertiary/aromatic N) is 1. The van der Waals surface area contributed by atoms with Crippen LogP contribution in [0.4, 0.5) is 0 Å². The van der Waals surface area contributed by atoms with Crippen LogP contribution in [-0.2, 0) is 4.74 Å². The van der Waals surface area contributed by atoms with Crippen molar-refractivity contribution in [3.63, 3.8) is 0 Å². The number of halogens is 1. The van der Waals surface area contributed by atoms with Gasteiger partial charge in [-0.3, -0.25) is 0 Å². The third-order valence-electron chi connectivity index (χ3n) is 3.97. The predicted molar refractivity (Wildman–Crippen MR) is 80.3 cm³/mol. The molecule has 1 aliphatic carbocycles. The van der Waals surface area contributed by atoms with Gasteiger partial charge in [0.1, 0.15) is 0 Å². The Morgan fingerprint density at radius 1 is 1.48 bits per heavy atom. The number of esters is 1. The average Bonchev–Trinajstić information content (AvgIpc) is 3.04. The van der Waals surface area contributed by atoms with E-state index in [4.69, 9.17) is 4.74 Å². The van der Waals surface area contributed by atoms with E-state index in [1.54, 1.807) is 3.58 Å². The molecule has 0 radical (unpaired) electrons. The molecule has 3 rings (SSSR count). The summed E-state index contributed by atoms with van der Waals surface area (Å²) >= 11 is 1.37. The molecule has 0 atom stereocenters. The summed E-state index contributed by atoms with van der Waals surface area (Å²) < 4.78 is 10.0. The van der Waals surface area contributed by atoms with Crippen LogP contribution >= 0.6 is 11.3 Å². The van der Waals surface area contributed by atoms with Crippen LogP contribution in [0, 0.1) is 12.8 Å². The van der Waals surface area contributed by atoms with Crippen molar-refractivity contribution in [1.29, 1.82) is 0 Å². The van der Waals surface area contributed by atoms with Gasteiger partial charge in [0.05, 0.1) is 0 Å². The van der Waals surface area contributed by atoms with E-state index in [1.807, 2.05) is 13.1 Å². The molecule has 1 aromatic heterocycles. The number of carbonyl (C=O) groups excluding carboxylic acids is 1. The van der Waals surface area contributed by atoms with E-state index in [1.165, 1.54) is 42.2 Å². The zero-order chi connectivity index (χ0) is 14.8. The molecule has 114 valence electrons. The maximum atomic E-state index is 12.1. The van der Waals surface area contributed by atoms with Crippen LogP contribution in [0.1, 0.15) is 47.8 Å². The van der Waals surface area contributed by atoms with E-state index in [9.17, 15) is 4.79 Å². The molecule has 0 aromatic carbocycles. The fourth-order valence-electron chi connectivity index (χ4n) is 2.98. The van der Waals surface area contributed by atoms with Crippen LogP contribution in [-0.4, -0.2) is 12.6 Å². The molecule has 3 nitrogen and oxygen atoms in total. The Morgan fingerprint density at radius 3 is 2.95 bits per heavy atom. The number of hydrogen-bond donors (Lipinski definition) is 0. The minimum absolute atomic E-state index is 0.115. The van der Waals surface area contributed by atoms with Gasteiger partial charge in [0.2, 0.25) is 0 Å². The van der Waals surface area contributed by atoms with Gasteiger partial charge in [-0.1, -0.05) is 0 Å². The van der Waals surface area contributed by atoms with Gasteiger partial charge in [-0.15, -0.1) is 0 Å². The first-order chi connectivity index (χ1) is 10.2. The second-order valence-corrected chi connectivity index (χ2v) is 8.80. The minimum atomic E-state index is -0.198. The molecular formula is C16H19INO2S-. The number of rotatable bonds is 3. The summed E-state index contributed by atoms with van der Waals surface area (Å²) in [5.41, 5.74) is 1.09. The van der Waals surface area contributed by atoms with Crippen molar-refractivity contribution in [3.05, 3.63) is 30.6 Å². The van der Waals surface area contributed by atoms with Gasteiger partial charge < -0.3 is 0 Å². The molecule has 1 saturated carbocycles. The first-order valence-corrected chi connectivity index (χ1v) is 10.5. The van der Waals surface area contributed by atoms with Gasteiger partial charge in [0, 0.05) is 0 Å². The van der Waals surface area contributed by atoms with Gasteiger partial charge in [-0.2, -0.15) is 0 Å². The van der Waals surface area contributed by atoms with Crippen molar-refractivity contribution in [2.45, 2.75) is 39.5 Å². The molecule has 0 saturated heterocycles. The SMILES string of the molecule is CCOC(=O)c1sc2c(c1C)=C(C1CCCC1)[I-]C=CN=2. The van der Waals surface area contributed by atoms with Gasteiger partial charge in [-0.05, 0) is 0 Å². The first-order valence-electron chi connectivity index (χ1n) is 7.39. The molecule has 0 spiro atoms. The van der Waals surface area contributed by atoms with Crippen molar-refractivity contribution < 1.29 is 30.7 Å². The zero-order valence-corrected chi connectivity index (χ0v) is 15.3. The zero-order valence-electron chi connectivity index (χ0n) is 12.3. The van der Waals surface area contributed by atoms with E-state index < -0.39 is 0 Å². The molecule has 1 aromatic rings. The van der Waals surface area contributed by atoms with Crippen molar-refractivity contribution in [2.24, 2.45) is 10.9 Å². The number of carbonyl (C=O) groups is 1. The maximum absolute atomic E-state index is 12.1. The van der Waals surface area contributed by atoms with Crippen molar-refractivity contribution in [1.82, 2.24) is 0 Å². The van der Waals surface area contributed by atoms with Crippen LogP contribution in [0.5, 0.6) is 0 Å². The van der Waals surface area contributed by atoms with Crippen molar-refractivity contribution in [3.8, 4) is 0 Å². The number of thiophene rings is 1. The molecule has 2 heterocycles. The molecule has 1 fully saturated rings. The Morgan fingerprint density at radius 2 is 2.24 bits per heavy atom. The quantitative estimate of drug-likeness (QED) is 0.503. The third kappa shape index (κ3) is 2.95. The summed E-state index contributed by atoms with van der Waals surface area (Å²) in [5.74, 6) is 0.508. The molecule has 0 amide bonds. The molecule has 0 unspecified atom stereocenters. The summed E-state index contributed by atoms with van der Waals surface area (Å²) in [7, 11) is 0. The summed E-state index contributed by atoms with van der Waals surface area (Å²) in [6, 6.07) is 0. The van der Waals surface area contributed by atoms with Crippen molar-refractivity contribution >= 4 is 20.9 Å². The predicted octanol–water partition coefficient (Wildman–Crippen LogP) is -0.275. The Hall–Kier alpha value is -0.690. The number of ether oxygens (including phenoxy) is 1. The fourth-order valence-corrected chi connectivity index (χ4v) is 7.04. The molecule has 0 N–H and O–H groups in total. The molecular weight excluding hydrogens is 397 g/mol. The second kappa shape index (κ2) is 6.60. The van der Waals surface area contributed by atoms with Crippen LogP contribution < -0.4 is 31.1 Å². The topological polar surface area (TPSA) is 38.7 Å². The normalized spacial score (nSPS) is 18.7. The van der Waals surface area contributed by atoms with E-state index in [2.05, 4.69) is 16.0 Å². The van der Waals surface area contributed by atoms with E-state index in [-0.39, 0.29) is 27.2 Å². The van der Waals surface area contributed by atoms with Crippen molar-refractivity contribution in [2.75, 3.05) is 6.61 Å². The van der Waals surface area contributed by atoms with Gasteiger partial charge in [0.25, 0.3) is 0 Å². The summed E-state index contributed by atoms with van der Waals surface area (Å²) in [6.07, 6.45) is 7.20. The van der Waals surface area contributed by atoms with Gasteiger partial charge in [-0.25, -0.2) is 0 Å². The standard InChI is InChI=1S/C16H19INO2S/c1-3-20-16(19)14-10(2)12-13(11-6-4-5-7-11)17-8-9-18-15(12)21-14/h8-9,11H,3-7H2,1-2H3/q-1. The Kier molecular flexibility index (Phi) is 4.78. The Labute approximate surface area is 139 Å². The molecule has 0 bridgehead atoms. The fraction of sp³-hybridized carbons (Fsp3) is 0.500.